The Kier molecular flexibility index (Phi) is 4.84. The molecule has 0 aromatic heterocycles. The van der Waals surface area contributed by atoms with Crippen molar-refractivity contribution in [2.24, 2.45) is 5.41 Å². The number of halogens is 1. The summed E-state index contributed by atoms with van der Waals surface area (Å²) in [5.41, 5.74) is 2.22. The number of nitrogens with zero attached hydrogens (tertiary/aromatic N) is 1. The topological polar surface area (TPSA) is 35.8 Å². The molecule has 92 valence electrons. The molecule has 0 saturated carbocycles. The summed E-state index contributed by atoms with van der Waals surface area (Å²) in [5, 5.41) is 12.7. The molecule has 0 saturated heterocycles. The predicted octanol–water partition coefficient (Wildman–Crippen LogP) is 4.39. The molecule has 0 atom stereocenters. The van der Waals surface area contributed by atoms with Gasteiger partial charge in [-0.3, -0.25) is 0 Å². The van der Waals surface area contributed by atoms with Crippen LogP contribution in [0.2, 0.25) is 5.02 Å². The Bertz CT molecular complexity index is 419. The molecule has 17 heavy (non-hydrogen) atoms. The molecule has 0 aliphatic rings. The van der Waals surface area contributed by atoms with E-state index in [0.29, 0.717) is 6.42 Å². The summed E-state index contributed by atoms with van der Waals surface area (Å²) in [7, 11) is 0. The number of benzene rings is 1. The SMILES string of the molecule is Cc1ccc(NCC(C)(C)CCC#N)c(Cl)c1. The van der Waals surface area contributed by atoms with Crippen molar-refractivity contribution in [1.29, 1.82) is 5.26 Å². The van der Waals surface area contributed by atoms with Gasteiger partial charge in [0.15, 0.2) is 0 Å². The van der Waals surface area contributed by atoms with E-state index in [0.717, 1.165) is 29.2 Å². The molecule has 0 spiro atoms. The first-order valence-corrected chi connectivity index (χ1v) is 6.19. The van der Waals surface area contributed by atoms with E-state index in [9.17, 15) is 0 Å². The lowest BCUT2D eigenvalue weighted by Gasteiger charge is -2.24. The highest BCUT2D eigenvalue weighted by Crippen LogP contribution is 2.26. The minimum absolute atomic E-state index is 0.101. The molecule has 1 N–H and O–H groups in total. The maximum atomic E-state index is 8.60. The van der Waals surface area contributed by atoms with Gasteiger partial charge in [0.2, 0.25) is 0 Å². The van der Waals surface area contributed by atoms with Crippen molar-refractivity contribution in [2.75, 3.05) is 11.9 Å². The zero-order valence-electron chi connectivity index (χ0n) is 10.7. The van der Waals surface area contributed by atoms with E-state index in [2.05, 4.69) is 25.2 Å². The third-order valence-electron chi connectivity index (χ3n) is 2.80. The van der Waals surface area contributed by atoms with Crippen molar-refractivity contribution >= 4 is 17.3 Å². The van der Waals surface area contributed by atoms with Crippen LogP contribution in [-0.4, -0.2) is 6.54 Å². The summed E-state index contributed by atoms with van der Waals surface area (Å²) in [6.45, 7) is 7.14. The Hall–Kier alpha value is -1.20. The number of hydrogen-bond acceptors (Lipinski definition) is 2. The van der Waals surface area contributed by atoms with Crippen LogP contribution in [0.4, 0.5) is 5.69 Å². The second kappa shape index (κ2) is 5.93. The van der Waals surface area contributed by atoms with Gasteiger partial charge >= 0.3 is 0 Å². The summed E-state index contributed by atoms with van der Waals surface area (Å²) in [4.78, 5) is 0. The van der Waals surface area contributed by atoms with E-state index >= 15 is 0 Å². The summed E-state index contributed by atoms with van der Waals surface area (Å²) < 4.78 is 0. The Morgan fingerprint density at radius 1 is 1.41 bits per heavy atom. The smallest absolute Gasteiger partial charge is 0.0640 e. The molecule has 0 aliphatic heterocycles. The number of rotatable bonds is 5. The number of hydrogen-bond donors (Lipinski definition) is 1. The van der Waals surface area contributed by atoms with Gasteiger partial charge in [-0.1, -0.05) is 31.5 Å². The minimum Gasteiger partial charge on any atom is -0.383 e. The average Bonchev–Trinajstić information content (AvgIpc) is 2.25. The Morgan fingerprint density at radius 3 is 2.71 bits per heavy atom. The molecule has 0 bridgehead atoms. The molecule has 2 nitrogen and oxygen atoms in total. The van der Waals surface area contributed by atoms with E-state index in [1.165, 1.54) is 0 Å². The molecule has 0 unspecified atom stereocenters. The van der Waals surface area contributed by atoms with Crippen LogP contribution in [0.3, 0.4) is 0 Å². The van der Waals surface area contributed by atoms with Crippen molar-refractivity contribution in [3.05, 3.63) is 28.8 Å². The van der Waals surface area contributed by atoms with E-state index in [4.69, 9.17) is 16.9 Å². The fourth-order valence-corrected chi connectivity index (χ4v) is 1.88. The van der Waals surface area contributed by atoms with Crippen LogP contribution in [-0.2, 0) is 0 Å². The molecular weight excluding hydrogens is 232 g/mol. The standard InChI is InChI=1S/C14H19ClN2/c1-11-5-6-13(12(15)9-11)17-10-14(2,3)7-4-8-16/h5-6,9,17H,4,7,10H2,1-3H3. The van der Waals surface area contributed by atoms with Gasteiger partial charge in [-0.2, -0.15) is 5.26 Å². The van der Waals surface area contributed by atoms with Gasteiger partial charge < -0.3 is 5.32 Å². The Labute approximate surface area is 109 Å². The number of aryl methyl sites for hydroxylation is 1. The highest BCUT2D eigenvalue weighted by atomic mass is 35.5. The molecule has 0 amide bonds. The van der Waals surface area contributed by atoms with Crippen molar-refractivity contribution in [2.45, 2.75) is 33.6 Å². The molecule has 1 rings (SSSR count). The second-order valence-corrected chi connectivity index (χ2v) is 5.57. The van der Waals surface area contributed by atoms with E-state index in [1.807, 2.05) is 25.1 Å². The third kappa shape index (κ3) is 4.66. The molecule has 0 fully saturated rings. The first-order chi connectivity index (χ1) is 7.94. The van der Waals surface area contributed by atoms with Gasteiger partial charge in [-0.25, -0.2) is 0 Å². The van der Waals surface area contributed by atoms with Gasteiger partial charge in [0.1, 0.15) is 0 Å². The maximum absolute atomic E-state index is 8.60. The molecule has 1 aromatic rings. The van der Waals surface area contributed by atoms with E-state index in [1.54, 1.807) is 0 Å². The molecule has 0 aliphatic carbocycles. The average molecular weight is 251 g/mol. The quantitative estimate of drug-likeness (QED) is 0.841. The summed E-state index contributed by atoms with van der Waals surface area (Å²) in [5.74, 6) is 0. The van der Waals surface area contributed by atoms with Crippen LogP contribution in [0.25, 0.3) is 0 Å². The number of anilines is 1. The molecule has 0 heterocycles. The minimum atomic E-state index is 0.101. The summed E-state index contributed by atoms with van der Waals surface area (Å²) in [6.07, 6.45) is 1.48. The second-order valence-electron chi connectivity index (χ2n) is 5.16. The van der Waals surface area contributed by atoms with Crippen molar-refractivity contribution in [3.63, 3.8) is 0 Å². The van der Waals surface area contributed by atoms with Gasteiger partial charge in [0, 0.05) is 13.0 Å². The molecule has 0 radical (unpaired) electrons. The lowest BCUT2D eigenvalue weighted by molar-refractivity contribution is 0.364. The van der Waals surface area contributed by atoms with Gasteiger partial charge in [0.05, 0.1) is 16.8 Å². The summed E-state index contributed by atoms with van der Waals surface area (Å²) in [6, 6.07) is 8.17. The normalized spacial score (nSPS) is 11.0. The predicted molar refractivity (Wildman–Crippen MR) is 73.3 cm³/mol. The van der Waals surface area contributed by atoms with Crippen LogP contribution >= 0.6 is 11.6 Å². The monoisotopic (exact) mass is 250 g/mol. The Balaban J connectivity index is 2.58. The highest BCUT2D eigenvalue weighted by molar-refractivity contribution is 6.33. The van der Waals surface area contributed by atoms with Gasteiger partial charge in [-0.05, 0) is 36.5 Å². The summed E-state index contributed by atoms with van der Waals surface area (Å²) >= 11 is 6.15. The van der Waals surface area contributed by atoms with Crippen molar-refractivity contribution < 1.29 is 0 Å². The van der Waals surface area contributed by atoms with Gasteiger partial charge in [-0.15, -0.1) is 0 Å². The molecule has 1 aromatic carbocycles. The zero-order valence-corrected chi connectivity index (χ0v) is 11.4. The first-order valence-electron chi connectivity index (χ1n) is 5.81. The fourth-order valence-electron chi connectivity index (χ4n) is 1.58. The number of nitriles is 1. The largest absolute Gasteiger partial charge is 0.383 e. The van der Waals surface area contributed by atoms with E-state index in [-0.39, 0.29) is 5.41 Å². The zero-order chi connectivity index (χ0) is 12.9. The lowest BCUT2D eigenvalue weighted by Crippen LogP contribution is -2.23. The molecule has 3 heteroatoms. The van der Waals surface area contributed by atoms with Crippen molar-refractivity contribution in [3.8, 4) is 6.07 Å². The van der Waals surface area contributed by atoms with Crippen LogP contribution < -0.4 is 5.32 Å². The molecular formula is C14H19ClN2. The van der Waals surface area contributed by atoms with Crippen LogP contribution in [0.5, 0.6) is 0 Å². The number of nitrogens with one attached hydrogen (secondary N) is 1. The van der Waals surface area contributed by atoms with Crippen LogP contribution in [0.15, 0.2) is 18.2 Å². The third-order valence-corrected chi connectivity index (χ3v) is 3.11. The van der Waals surface area contributed by atoms with E-state index < -0.39 is 0 Å². The Morgan fingerprint density at radius 2 is 2.12 bits per heavy atom. The maximum Gasteiger partial charge on any atom is 0.0640 e. The highest BCUT2D eigenvalue weighted by Gasteiger charge is 2.17. The van der Waals surface area contributed by atoms with Gasteiger partial charge in [0.25, 0.3) is 0 Å². The fraction of sp³-hybridized carbons (Fsp3) is 0.500. The van der Waals surface area contributed by atoms with Crippen LogP contribution in [0.1, 0.15) is 32.3 Å². The van der Waals surface area contributed by atoms with Crippen molar-refractivity contribution in [1.82, 2.24) is 0 Å². The van der Waals surface area contributed by atoms with Crippen LogP contribution in [0, 0.1) is 23.7 Å². The lowest BCUT2D eigenvalue weighted by atomic mass is 9.88. The first kappa shape index (κ1) is 13.9.